The van der Waals surface area contributed by atoms with Crippen LogP contribution in [0.3, 0.4) is 0 Å². The van der Waals surface area contributed by atoms with E-state index in [0.717, 1.165) is 13.0 Å². The fourth-order valence-electron chi connectivity index (χ4n) is 1.79. The number of aryl methyl sites for hydroxylation is 2. The van der Waals surface area contributed by atoms with Gasteiger partial charge in [-0.25, -0.2) is 4.98 Å². The van der Waals surface area contributed by atoms with Crippen molar-refractivity contribution in [2.45, 2.75) is 38.6 Å². The van der Waals surface area contributed by atoms with Crippen molar-refractivity contribution in [2.75, 3.05) is 6.54 Å². The minimum Gasteiger partial charge on any atom is -0.335 e. The average molecular weight is 179 g/mol. The summed E-state index contributed by atoms with van der Waals surface area (Å²) in [4.78, 5) is 4.60. The number of rotatable bonds is 2. The molecular weight excluding hydrogens is 162 g/mol. The van der Waals surface area contributed by atoms with Crippen molar-refractivity contribution in [2.24, 2.45) is 5.73 Å². The van der Waals surface area contributed by atoms with Crippen LogP contribution in [0.5, 0.6) is 0 Å². The maximum absolute atomic E-state index is 5.61. The van der Waals surface area contributed by atoms with E-state index >= 15 is 0 Å². The maximum Gasteiger partial charge on any atom is 0.108 e. The van der Waals surface area contributed by atoms with Crippen molar-refractivity contribution < 1.29 is 0 Å². The quantitative estimate of drug-likeness (QED) is 0.743. The van der Waals surface area contributed by atoms with Gasteiger partial charge in [0.05, 0.1) is 5.69 Å². The number of fused-ring (bicyclic) bond motifs is 1. The molecule has 3 heteroatoms. The molecule has 2 heterocycles. The van der Waals surface area contributed by atoms with Crippen LogP contribution < -0.4 is 5.73 Å². The molecule has 1 aliphatic heterocycles. The van der Waals surface area contributed by atoms with Crippen molar-refractivity contribution in [3.05, 3.63) is 17.7 Å². The Morgan fingerprint density at radius 3 is 3.15 bits per heavy atom. The van der Waals surface area contributed by atoms with Crippen LogP contribution in [0.1, 0.15) is 37.2 Å². The fourth-order valence-corrected chi connectivity index (χ4v) is 1.79. The maximum atomic E-state index is 5.61. The SMILES string of the molecule is CC(CN)c1cn2c(n1)CCCC2. The van der Waals surface area contributed by atoms with Crippen LogP contribution >= 0.6 is 0 Å². The summed E-state index contributed by atoms with van der Waals surface area (Å²) in [6, 6.07) is 0. The van der Waals surface area contributed by atoms with Crippen molar-refractivity contribution >= 4 is 0 Å². The molecule has 1 aromatic heterocycles. The minimum absolute atomic E-state index is 0.401. The second kappa shape index (κ2) is 3.50. The average Bonchev–Trinajstić information content (AvgIpc) is 2.59. The third-order valence-electron chi connectivity index (χ3n) is 2.79. The van der Waals surface area contributed by atoms with E-state index in [9.17, 15) is 0 Å². The number of aromatic nitrogens is 2. The van der Waals surface area contributed by atoms with Gasteiger partial charge in [-0.1, -0.05) is 6.92 Å². The Morgan fingerprint density at radius 2 is 2.46 bits per heavy atom. The molecule has 0 saturated carbocycles. The predicted molar refractivity (Wildman–Crippen MR) is 52.6 cm³/mol. The summed E-state index contributed by atoms with van der Waals surface area (Å²) in [5.74, 6) is 1.65. The van der Waals surface area contributed by atoms with Crippen LogP contribution in [-0.2, 0) is 13.0 Å². The second-order valence-corrected chi connectivity index (χ2v) is 3.87. The first-order chi connectivity index (χ1) is 6.31. The molecule has 1 aliphatic rings. The molecule has 13 heavy (non-hydrogen) atoms. The van der Waals surface area contributed by atoms with Crippen LogP contribution in [0.2, 0.25) is 0 Å². The summed E-state index contributed by atoms with van der Waals surface area (Å²) in [6.45, 7) is 3.96. The highest BCUT2D eigenvalue weighted by molar-refractivity contribution is 5.10. The zero-order valence-electron chi connectivity index (χ0n) is 8.16. The molecule has 0 bridgehead atoms. The van der Waals surface area contributed by atoms with Crippen molar-refractivity contribution in [1.82, 2.24) is 9.55 Å². The van der Waals surface area contributed by atoms with Crippen molar-refractivity contribution in [1.29, 1.82) is 0 Å². The Morgan fingerprint density at radius 1 is 1.62 bits per heavy atom. The Hall–Kier alpha value is -0.830. The van der Waals surface area contributed by atoms with E-state index in [1.807, 2.05) is 0 Å². The lowest BCUT2D eigenvalue weighted by molar-refractivity contribution is 0.522. The largest absolute Gasteiger partial charge is 0.335 e. The lowest BCUT2D eigenvalue weighted by atomic mass is 10.1. The van der Waals surface area contributed by atoms with Gasteiger partial charge in [-0.05, 0) is 12.8 Å². The molecule has 0 fully saturated rings. The van der Waals surface area contributed by atoms with E-state index in [2.05, 4.69) is 22.7 Å². The molecule has 72 valence electrons. The molecule has 3 nitrogen and oxygen atoms in total. The predicted octanol–water partition coefficient (Wildman–Crippen LogP) is 1.28. The summed E-state index contributed by atoms with van der Waals surface area (Å²) < 4.78 is 2.28. The van der Waals surface area contributed by atoms with E-state index in [4.69, 9.17) is 5.73 Å². The van der Waals surface area contributed by atoms with Gasteiger partial charge in [-0.15, -0.1) is 0 Å². The first-order valence-electron chi connectivity index (χ1n) is 5.07. The van der Waals surface area contributed by atoms with Gasteiger partial charge in [0.25, 0.3) is 0 Å². The number of nitrogens with two attached hydrogens (primary N) is 1. The van der Waals surface area contributed by atoms with Gasteiger partial charge in [0.2, 0.25) is 0 Å². The van der Waals surface area contributed by atoms with Gasteiger partial charge >= 0.3 is 0 Å². The highest BCUT2D eigenvalue weighted by Crippen LogP contribution is 2.18. The Labute approximate surface area is 79.0 Å². The Balaban J connectivity index is 2.25. The van der Waals surface area contributed by atoms with Gasteiger partial charge in [0, 0.05) is 31.6 Å². The van der Waals surface area contributed by atoms with Crippen LogP contribution in [0, 0.1) is 0 Å². The van der Waals surface area contributed by atoms with Gasteiger partial charge in [0.1, 0.15) is 5.82 Å². The van der Waals surface area contributed by atoms with E-state index in [1.54, 1.807) is 0 Å². The summed E-state index contributed by atoms with van der Waals surface area (Å²) in [5, 5.41) is 0. The molecule has 2 N–H and O–H groups in total. The minimum atomic E-state index is 0.401. The molecule has 0 spiro atoms. The number of hydrogen-bond donors (Lipinski definition) is 1. The van der Waals surface area contributed by atoms with Gasteiger partial charge in [-0.2, -0.15) is 0 Å². The van der Waals surface area contributed by atoms with Crippen LogP contribution in [-0.4, -0.2) is 16.1 Å². The number of imidazole rings is 1. The normalized spacial score (nSPS) is 18.3. The first kappa shape index (κ1) is 8.75. The standard InChI is InChI=1S/C10H17N3/c1-8(6-11)9-7-13-5-3-2-4-10(13)12-9/h7-8H,2-6,11H2,1H3. The first-order valence-corrected chi connectivity index (χ1v) is 5.07. The van der Waals surface area contributed by atoms with Crippen LogP contribution in [0.15, 0.2) is 6.20 Å². The molecule has 0 aliphatic carbocycles. The molecule has 1 aromatic rings. The van der Waals surface area contributed by atoms with E-state index in [-0.39, 0.29) is 0 Å². The summed E-state index contributed by atoms with van der Waals surface area (Å²) in [7, 11) is 0. The van der Waals surface area contributed by atoms with Gasteiger partial charge < -0.3 is 10.3 Å². The highest BCUT2D eigenvalue weighted by atomic mass is 15.1. The molecule has 0 amide bonds. The molecule has 2 rings (SSSR count). The highest BCUT2D eigenvalue weighted by Gasteiger charge is 2.14. The zero-order valence-corrected chi connectivity index (χ0v) is 8.16. The lowest BCUT2D eigenvalue weighted by Gasteiger charge is -2.11. The summed E-state index contributed by atoms with van der Waals surface area (Å²) >= 11 is 0. The Bertz CT molecular complexity index is 267. The molecule has 0 saturated heterocycles. The summed E-state index contributed by atoms with van der Waals surface area (Å²) in [6.07, 6.45) is 5.89. The molecule has 0 aromatic carbocycles. The van der Waals surface area contributed by atoms with Crippen LogP contribution in [0.4, 0.5) is 0 Å². The Kier molecular flexibility index (Phi) is 2.36. The number of nitrogens with zero attached hydrogens (tertiary/aromatic N) is 2. The number of hydrogen-bond acceptors (Lipinski definition) is 2. The second-order valence-electron chi connectivity index (χ2n) is 3.87. The third kappa shape index (κ3) is 1.61. The van der Waals surface area contributed by atoms with Crippen molar-refractivity contribution in [3.8, 4) is 0 Å². The molecular formula is C10H17N3. The lowest BCUT2D eigenvalue weighted by Crippen LogP contribution is -2.09. The molecule has 0 radical (unpaired) electrons. The topological polar surface area (TPSA) is 43.8 Å². The van der Waals surface area contributed by atoms with Crippen LogP contribution in [0.25, 0.3) is 0 Å². The van der Waals surface area contributed by atoms with E-state index in [1.165, 1.54) is 24.4 Å². The summed E-state index contributed by atoms with van der Waals surface area (Å²) in [5.41, 5.74) is 6.78. The third-order valence-corrected chi connectivity index (χ3v) is 2.79. The molecule has 1 unspecified atom stereocenters. The van der Waals surface area contributed by atoms with Gasteiger partial charge in [0.15, 0.2) is 0 Å². The van der Waals surface area contributed by atoms with Crippen molar-refractivity contribution in [3.63, 3.8) is 0 Å². The zero-order chi connectivity index (χ0) is 9.26. The smallest absolute Gasteiger partial charge is 0.108 e. The fraction of sp³-hybridized carbons (Fsp3) is 0.700. The van der Waals surface area contributed by atoms with E-state index < -0.39 is 0 Å². The van der Waals surface area contributed by atoms with Gasteiger partial charge in [-0.3, -0.25) is 0 Å². The monoisotopic (exact) mass is 179 g/mol. The molecule has 1 atom stereocenters. The van der Waals surface area contributed by atoms with E-state index in [0.29, 0.717) is 12.5 Å².